The Morgan fingerprint density at radius 2 is 1.12 bits per heavy atom. The molecule has 0 bridgehead atoms. The normalized spacial score (nSPS) is 11.4. The average Bonchev–Trinajstić information content (AvgIpc) is 3.40. The monoisotopic (exact) mass is 707 g/mol. The summed E-state index contributed by atoms with van der Waals surface area (Å²) in [7, 11) is 0. The van der Waals surface area contributed by atoms with Gasteiger partial charge in [-0.3, -0.25) is 4.79 Å². The molecule has 5 heteroatoms. The lowest BCUT2D eigenvalue weighted by Crippen LogP contribution is -2.12. The second-order valence-electron chi connectivity index (χ2n) is 15.0. The van der Waals surface area contributed by atoms with Crippen molar-refractivity contribution in [2.75, 3.05) is 0 Å². The molecule has 0 saturated heterocycles. The van der Waals surface area contributed by atoms with Crippen molar-refractivity contribution in [2.24, 2.45) is 0 Å². The molecule has 0 amide bonds. The number of aryl methyl sites for hydroxylation is 3. The zero-order valence-electron chi connectivity index (χ0n) is 32.7. The molecule has 4 rings (SSSR count). The smallest absolute Gasteiger partial charge is 0.336 e. The van der Waals surface area contributed by atoms with Gasteiger partial charge >= 0.3 is 5.97 Å². The van der Waals surface area contributed by atoms with E-state index in [0.29, 0.717) is 12.1 Å². The van der Waals surface area contributed by atoms with Crippen LogP contribution in [0.4, 0.5) is 0 Å². The van der Waals surface area contributed by atoms with E-state index < -0.39 is 5.97 Å². The van der Waals surface area contributed by atoms with Crippen molar-refractivity contribution >= 4 is 17.0 Å². The van der Waals surface area contributed by atoms with Gasteiger partial charge in [-0.2, -0.15) is 0 Å². The Morgan fingerprint density at radius 1 is 0.615 bits per heavy atom. The number of unbranched alkanes of at least 4 members (excludes halogenated alkanes) is 16. The Balaban J connectivity index is 1.63. The van der Waals surface area contributed by atoms with Gasteiger partial charge in [0.1, 0.15) is 5.82 Å². The lowest BCUT2D eigenvalue weighted by molar-refractivity contribution is 0.0697. The number of aromatic nitrogens is 2. The molecule has 0 unspecified atom stereocenters. The number of nitrogens with zero attached hydrogens (tertiary/aromatic N) is 2. The SMILES string of the molecule is CCCCCCCCCCc1cc2nc(CCCCC)n(Cc3ccc(-c4ccccc4C(=O)O)cc3)c2cc(CCCCCCCCCC)c1=O. The maximum Gasteiger partial charge on any atom is 0.336 e. The second-order valence-corrected chi connectivity index (χ2v) is 15.0. The van der Waals surface area contributed by atoms with Crippen molar-refractivity contribution in [3.05, 3.63) is 99.0 Å². The first-order chi connectivity index (χ1) is 25.5. The summed E-state index contributed by atoms with van der Waals surface area (Å²) in [6.45, 7) is 7.42. The lowest BCUT2D eigenvalue weighted by atomic mass is 9.99. The number of carbonyl (C=O) groups is 1. The van der Waals surface area contributed by atoms with Gasteiger partial charge in [0.15, 0.2) is 5.43 Å². The van der Waals surface area contributed by atoms with Gasteiger partial charge < -0.3 is 9.67 Å². The topological polar surface area (TPSA) is 72.2 Å². The minimum atomic E-state index is -0.920. The van der Waals surface area contributed by atoms with Gasteiger partial charge in [-0.1, -0.05) is 166 Å². The van der Waals surface area contributed by atoms with Crippen molar-refractivity contribution < 1.29 is 9.90 Å². The van der Waals surface area contributed by atoms with E-state index in [1.165, 1.54) is 89.9 Å². The fourth-order valence-corrected chi connectivity index (χ4v) is 7.52. The fourth-order valence-electron chi connectivity index (χ4n) is 7.52. The highest BCUT2D eigenvalue weighted by Crippen LogP contribution is 2.26. The number of aromatic carboxylic acids is 1. The number of benzene rings is 2. The van der Waals surface area contributed by atoms with Gasteiger partial charge in [-0.05, 0) is 67.0 Å². The summed E-state index contributed by atoms with van der Waals surface area (Å²) in [6.07, 6.45) is 25.9. The van der Waals surface area contributed by atoms with Crippen LogP contribution in [0.3, 0.4) is 0 Å². The highest BCUT2D eigenvalue weighted by Gasteiger charge is 2.16. The maximum absolute atomic E-state index is 14.2. The Morgan fingerprint density at radius 3 is 1.69 bits per heavy atom. The number of hydrogen-bond donors (Lipinski definition) is 1. The Hall–Kier alpha value is -3.73. The van der Waals surface area contributed by atoms with E-state index in [-0.39, 0.29) is 5.43 Å². The number of carboxylic acid groups (broad SMARTS) is 1. The first-order valence-corrected chi connectivity index (χ1v) is 20.9. The predicted octanol–water partition coefficient (Wildman–Crippen LogP) is 12.9. The second kappa shape index (κ2) is 23.0. The Bertz CT molecular complexity index is 1700. The molecule has 0 aliphatic rings. The molecule has 0 aliphatic carbocycles. The molecule has 5 nitrogen and oxygen atoms in total. The zero-order chi connectivity index (χ0) is 37.0. The number of fused-ring (bicyclic) bond motifs is 1. The molecule has 282 valence electrons. The molecule has 52 heavy (non-hydrogen) atoms. The minimum Gasteiger partial charge on any atom is -0.478 e. The Kier molecular flexibility index (Phi) is 18.2. The van der Waals surface area contributed by atoms with E-state index in [1.54, 1.807) is 12.1 Å². The summed E-state index contributed by atoms with van der Waals surface area (Å²) < 4.78 is 2.35. The van der Waals surface area contributed by atoms with Crippen LogP contribution in [0.2, 0.25) is 0 Å². The van der Waals surface area contributed by atoms with Gasteiger partial charge in [-0.25, -0.2) is 9.78 Å². The third-order valence-corrected chi connectivity index (χ3v) is 10.7. The van der Waals surface area contributed by atoms with E-state index in [0.717, 1.165) is 96.0 Å². The molecule has 0 fully saturated rings. The predicted molar refractivity (Wildman–Crippen MR) is 220 cm³/mol. The van der Waals surface area contributed by atoms with Crippen molar-refractivity contribution in [3.8, 4) is 11.1 Å². The summed E-state index contributed by atoms with van der Waals surface area (Å²) in [5, 5.41) is 9.75. The molecule has 0 aliphatic heterocycles. The van der Waals surface area contributed by atoms with Crippen LogP contribution in [-0.4, -0.2) is 20.6 Å². The van der Waals surface area contributed by atoms with Gasteiger partial charge in [0.2, 0.25) is 0 Å². The first-order valence-electron chi connectivity index (χ1n) is 20.9. The van der Waals surface area contributed by atoms with Crippen LogP contribution >= 0.6 is 0 Å². The summed E-state index contributed by atoms with van der Waals surface area (Å²) >= 11 is 0. The molecule has 3 aromatic carbocycles. The van der Waals surface area contributed by atoms with Gasteiger partial charge in [0, 0.05) is 24.1 Å². The molecular formula is C47H66N2O3. The van der Waals surface area contributed by atoms with Crippen LogP contribution < -0.4 is 5.43 Å². The number of imidazole rings is 1. The lowest BCUT2D eigenvalue weighted by Gasteiger charge is -2.11. The van der Waals surface area contributed by atoms with Crippen LogP contribution in [0.15, 0.2) is 65.5 Å². The van der Waals surface area contributed by atoms with Crippen molar-refractivity contribution in [1.82, 2.24) is 9.55 Å². The minimum absolute atomic E-state index is 0.226. The van der Waals surface area contributed by atoms with Crippen molar-refractivity contribution in [2.45, 2.75) is 169 Å². The quantitative estimate of drug-likeness (QED) is 0.0660. The van der Waals surface area contributed by atoms with E-state index in [4.69, 9.17) is 4.98 Å². The van der Waals surface area contributed by atoms with E-state index in [1.807, 2.05) is 24.3 Å². The largest absolute Gasteiger partial charge is 0.478 e. The third-order valence-electron chi connectivity index (χ3n) is 10.7. The molecule has 0 saturated carbocycles. The van der Waals surface area contributed by atoms with Crippen LogP contribution in [0, 0.1) is 0 Å². The maximum atomic E-state index is 14.2. The highest BCUT2D eigenvalue weighted by atomic mass is 16.4. The standard InChI is InChI=1S/C47H66N2O3/c1-4-7-10-12-14-16-18-21-25-39-34-43-44(35-40(46(39)50)26-22-19-17-15-13-11-8-5-2)49(45(48-43)29-20-9-6-3)36-37-30-32-38(33-31-37)41-27-23-24-28-42(41)47(51)52/h23-24,27-28,30-35H,4-22,25-26,29,36H2,1-3H3,(H,51,52). The zero-order valence-corrected chi connectivity index (χ0v) is 32.7. The highest BCUT2D eigenvalue weighted by molar-refractivity contribution is 5.96. The number of hydrogen-bond acceptors (Lipinski definition) is 3. The Labute approximate surface area is 314 Å². The number of rotatable bonds is 26. The molecule has 4 aromatic rings. The molecule has 1 heterocycles. The van der Waals surface area contributed by atoms with Crippen LogP contribution in [0.25, 0.3) is 22.2 Å². The molecule has 0 radical (unpaired) electrons. The molecule has 0 atom stereocenters. The molecule has 0 spiro atoms. The molecule has 1 aromatic heterocycles. The van der Waals surface area contributed by atoms with E-state index in [9.17, 15) is 14.7 Å². The van der Waals surface area contributed by atoms with Crippen LogP contribution in [-0.2, 0) is 25.8 Å². The van der Waals surface area contributed by atoms with Crippen molar-refractivity contribution in [3.63, 3.8) is 0 Å². The van der Waals surface area contributed by atoms with Gasteiger partial charge in [0.05, 0.1) is 16.6 Å². The van der Waals surface area contributed by atoms with Gasteiger partial charge in [-0.15, -0.1) is 0 Å². The molecule has 1 N–H and O–H groups in total. The van der Waals surface area contributed by atoms with Crippen LogP contribution in [0.5, 0.6) is 0 Å². The van der Waals surface area contributed by atoms with E-state index in [2.05, 4.69) is 49.6 Å². The van der Waals surface area contributed by atoms with Gasteiger partial charge in [0.25, 0.3) is 0 Å². The summed E-state index contributed by atoms with van der Waals surface area (Å²) in [6, 6.07) is 19.7. The summed E-state index contributed by atoms with van der Waals surface area (Å²) in [4.78, 5) is 31.3. The summed E-state index contributed by atoms with van der Waals surface area (Å²) in [5.74, 6) is 0.162. The van der Waals surface area contributed by atoms with Crippen LogP contribution in [0.1, 0.15) is 176 Å². The number of carboxylic acids is 1. The van der Waals surface area contributed by atoms with E-state index >= 15 is 0 Å². The fraction of sp³-hybridized carbons (Fsp3) is 0.553. The first kappa shape index (κ1) is 41.0. The summed E-state index contributed by atoms with van der Waals surface area (Å²) in [5.41, 5.74) is 7.14. The third kappa shape index (κ3) is 12.7. The molecular weight excluding hydrogens is 641 g/mol. The average molecular weight is 707 g/mol. The van der Waals surface area contributed by atoms with Crippen molar-refractivity contribution in [1.29, 1.82) is 0 Å².